The molecule has 0 fully saturated rings. The van der Waals surface area contributed by atoms with Crippen molar-refractivity contribution in [3.63, 3.8) is 0 Å². The molecule has 0 aliphatic heterocycles. The number of hydrogen-bond acceptors (Lipinski definition) is 2. The second kappa shape index (κ2) is 5.53. The average molecular weight is 211 g/mol. The minimum Gasteiger partial charge on any atom is -0.480 e. The summed E-state index contributed by atoms with van der Waals surface area (Å²) in [5.41, 5.74) is 0. The Morgan fingerprint density at radius 3 is 2.73 bits per heavy atom. The zero-order valence-electron chi connectivity index (χ0n) is 8.90. The number of aliphatic carboxylic acids is 1. The number of amides is 1. The Balaban J connectivity index is 2.46. The molecule has 2 atom stereocenters. The van der Waals surface area contributed by atoms with E-state index in [0.717, 1.165) is 19.3 Å². The van der Waals surface area contributed by atoms with E-state index < -0.39 is 12.0 Å². The molecule has 0 saturated carbocycles. The first-order chi connectivity index (χ1) is 7.15. The number of hydrogen-bond donors (Lipinski definition) is 2. The van der Waals surface area contributed by atoms with E-state index in [1.165, 1.54) is 0 Å². The molecule has 4 nitrogen and oxygen atoms in total. The highest BCUT2D eigenvalue weighted by Crippen LogP contribution is 2.18. The highest BCUT2D eigenvalue weighted by atomic mass is 16.4. The van der Waals surface area contributed by atoms with Gasteiger partial charge in [0.25, 0.3) is 0 Å². The Hall–Kier alpha value is -1.32. The molecule has 2 unspecified atom stereocenters. The van der Waals surface area contributed by atoms with Gasteiger partial charge >= 0.3 is 5.97 Å². The Labute approximate surface area is 89.4 Å². The van der Waals surface area contributed by atoms with Crippen molar-refractivity contribution in [1.82, 2.24) is 5.32 Å². The van der Waals surface area contributed by atoms with Crippen LogP contribution in [0.1, 0.15) is 32.6 Å². The molecule has 0 heterocycles. The monoisotopic (exact) mass is 211 g/mol. The largest absolute Gasteiger partial charge is 0.480 e. The third-order valence-electron chi connectivity index (χ3n) is 2.66. The summed E-state index contributed by atoms with van der Waals surface area (Å²) in [7, 11) is 0. The van der Waals surface area contributed by atoms with Gasteiger partial charge in [-0.1, -0.05) is 19.1 Å². The zero-order chi connectivity index (χ0) is 11.3. The minimum absolute atomic E-state index is 0.0524. The number of rotatable bonds is 4. The number of carboxylic acid groups (broad SMARTS) is 1. The van der Waals surface area contributed by atoms with E-state index in [0.29, 0.717) is 6.42 Å². The summed E-state index contributed by atoms with van der Waals surface area (Å²) in [4.78, 5) is 22.4. The van der Waals surface area contributed by atoms with E-state index in [9.17, 15) is 9.59 Å². The highest BCUT2D eigenvalue weighted by molar-refractivity contribution is 5.85. The van der Waals surface area contributed by atoms with Crippen molar-refractivity contribution in [1.29, 1.82) is 0 Å². The lowest BCUT2D eigenvalue weighted by molar-refractivity contribution is -0.142. The zero-order valence-corrected chi connectivity index (χ0v) is 8.90. The van der Waals surface area contributed by atoms with Gasteiger partial charge in [-0.15, -0.1) is 0 Å². The van der Waals surface area contributed by atoms with Crippen molar-refractivity contribution in [2.24, 2.45) is 5.92 Å². The molecule has 0 aromatic carbocycles. The van der Waals surface area contributed by atoms with Gasteiger partial charge in [0, 0.05) is 5.92 Å². The summed E-state index contributed by atoms with van der Waals surface area (Å²) < 4.78 is 0. The van der Waals surface area contributed by atoms with Crippen molar-refractivity contribution < 1.29 is 14.7 Å². The molecule has 1 amide bonds. The first-order valence-corrected chi connectivity index (χ1v) is 5.33. The third kappa shape index (κ3) is 3.38. The van der Waals surface area contributed by atoms with Crippen LogP contribution in [0.25, 0.3) is 0 Å². The van der Waals surface area contributed by atoms with Crippen molar-refractivity contribution >= 4 is 11.9 Å². The summed E-state index contributed by atoms with van der Waals surface area (Å²) in [6, 6.07) is -0.747. The molecule has 0 aromatic heterocycles. The van der Waals surface area contributed by atoms with Gasteiger partial charge in [0.1, 0.15) is 6.04 Å². The van der Waals surface area contributed by atoms with E-state index in [2.05, 4.69) is 11.4 Å². The smallest absolute Gasteiger partial charge is 0.326 e. The van der Waals surface area contributed by atoms with Crippen LogP contribution in [-0.4, -0.2) is 23.0 Å². The van der Waals surface area contributed by atoms with Gasteiger partial charge < -0.3 is 10.4 Å². The summed E-state index contributed by atoms with van der Waals surface area (Å²) in [6.07, 6.45) is 6.90. The molecule has 84 valence electrons. The first kappa shape index (κ1) is 11.8. The maximum Gasteiger partial charge on any atom is 0.326 e. The second-order valence-electron chi connectivity index (χ2n) is 3.79. The number of allylic oxidation sites excluding steroid dienone is 2. The van der Waals surface area contributed by atoms with E-state index in [-0.39, 0.29) is 11.8 Å². The predicted octanol–water partition coefficient (Wildman–Crippen LogP) is 1.32. The molecule has 0 bridgehead atoms. The van der Waals surface area contributed by atoms with Gasteiger partial charge in [-0.05, 0) is 25.7 Å². The Bertz CT molecular complexity index is 273. The Morgan fingerprint density at radius 1 is 1.53 bits per heavy atom. The molecule has 1 aliphatic carbocycles. The molecule has 0 radical (unpaired) electrons. The summed E-state index contributed by atoms with van der Waals surface area (Å²) in [6.45, 7) is 1.75. The van der Waals surface area contributed by atoms with E-state index in [4.69, 9.17) is 5.11 Å². The minimum atomic E-state index is -0.961. The van der Waals surface area contributed by atoms with Crippen LogP contribution in [-0.2, 0) is 9.59 Å². The van der Waals surface area contributed by atoms with Crippen LogP contribution in [0.5, 0.6) is 0 Å². The molecular weight excluding hydrogens is 194 g/mol. The van der Waals surface area contributed by atoms with Gasteiger partial charge in [0.15, 0.2) is 0 Å². The van der Waals surface area contributed by atoms with Crippen LogP contribution >= 0.6 is 0 Å². The summed E-state index contributed by atoms with van der Waals surface area (Å²) in [5.74, 6) is -1.14. The lowest BCUT2D eigenvalue weighted by atomic mass is 9.93. The SMILES string of the molecule is CCC(NC(=O)C1CC=CCC1)C(=O)O. The van der Waals surface area contributed by atoms with Crippen LogP contribution in [0.2, 0.25) is 0 Å². The lowest BCUT2D eigenvalue weighted by Gasteiger charge is -2.20. The fraction of sp³-hybridized carbons (Fsp3) is 0.636. The number of carbonyl (C=O) groups excluding carboxylic acids is 1. The topological polar surface area (TPSA) is 66.4 Å². The van der Waals surface area contributed by atoms with Crippen molar-refractivity contribution in [2.75, 3.05) is 0 Å². The van der Waals surface area contributed by atoms with Crippen molar-refractivity contribution in [2.45, 2.75) is 38.6 Å². The average Bonchev–Trinajstić information content (AvgIpc) is 2.26. The molecule has 0 saturated heterocycles. The lowest BCUT2D eigenvalue weighted by Crippen LogP contribution is -2.43. The van der Waals surface area contributed by atoms with E-state index in [1.54, 1.807) is 6.92 Å². The number of carboxylic acids is 1. The maximum atomic E-state index is 11.7. The van der Waals surface area contributed by atoms with E-state index in [1.807, 2.05) is 6.08 Å². The second-order valence-corrected chi connectivity index (χ2v) is 3.79. The molecule has 4 heteroatoms. The van der Waals surface area contributed by atoms with Gasteiger partial charge in [-0.2, -0.15) is 0 Å². The molecular formula is C11H17NO3. The summed E-state index contributed by atoms with van der Waals surface area (Å²) in [5, 5.41) is 11.4. The molecule has 2 N–H and O–H groups in total. The molecule has 0 aromatic rings. The molecule has 0 spiro atoms. The van der Waals surface area contributed by atoms with Crippen LogP contribution in [0.4, 0.5) is 0 Å². The Kier molecular flexibility index (Phi) is 4.34. The Morgan fingerprint density at radius 2 is 2.27 bits per heavy atom. The highest BCUT2D eigenvalue weighted by Gasteiger charge is 2.23. The van der Waals surface area contributed by atoms with Crippen LogP contribution in [0, 0.1) is 5.92 Å². The van der Waals surface area contributed by atoms with Gasteiger partial charge in [0.2, 0.25) is 5.91 Å². The standard InChI is InChI=1S/C11H17NO3/c1-2-9(11(14)15)12-10(13)8-6-4-3-5-7-8/h3-4,8-9H,2,5-7H2,1H3,(H,12,13)(H,14,15). The van der Waals surface area contributed by atoms with Crippen molar-refractivity contribution in [3.05, 3.63) is 12.2 Å². The van der Waals surface area contributed by atoms with Gasteiger partial charge in [-0.3, -0.25) is 4.79 Å². The number of nitrogens with one attached hydrogen (secondary N) is 1. The van der Waals surface area contributed by atoms with Crippen molar-refractivity contribution in [3.8, 4) is 0 Å². The maximum absolute atomic E-state index is 11.7. The normalized spacial score (nSPS) is 22.1. The molecule has 1 aliphatic rings. The predicted molar refractivity (Wildman–Crippen MR) is 56.3 cm³/mol. The quantitative estimate of drug-likeness (QED) is 0.689. The summed E-state index contributed by atoms with van der Waals surface area (Å²) >= 11 is 0. The molecule has 15 heavy (non-hydrogen) atoms. The fourth-order valence-electron chi connectivity index (χ4n) is 1.66. The van der Waals surface area contributed by atoms with Crippen LogP contribution in [0.3, 0.4) is 0 Å². The van der Waals surface area contributed by atoms with Gasteiger partial charge in [0.05, 0.1) is 0 Å². The molecule has 1 rings (SSSR count). The fourth-order valence-corrected chi connectivity index (χ4v) is 1.66. The van der Waals surface area contributed by atoms with Gasteiger partial charge in [-0.25, -0.2) is 4.79 Å². The van der Waals surface area contributed by atoms with E-state index >= 15 is 0 Å². The van der Waals surface area contributed by atoms with Crippen LogP contribution in [0.15, 0.2) is 12.2 Å². The number of carbonyl (C=O) groups is 2. The third-order valence-corrected chi connectivity index (χ3v) is 2.66. The first-order valence-electron chi connectivity index (χ1n) is 5.33. The van der Waals surface area contributed by atoms with Crippen LogP contribution < -0.4 is 5.32 Å².